The molecule has 0 aliphatic carbocycles. The SMILES string of the molecule is O=C([O-])c1cc2cc(Cl)c([N+](=O)[O-])cc2[nH]1. The number of nitrogens with one attached hydrogen (secondary N) is 1. The zero-order chi connectivity index (χ0) is 11.9. The number of hydrogen-bond donors (Lipinski definition) is 1. The van der Waals surface area contributed by atoms with Crippen LogP contribution < -0.4 is 5.11 Å². The number of aromatic amines is 1. The van der Waals surface area contributed by atoms with Crippen LogP contribution in [0.5, 0.6) is 0 Å². The Bertz CT molecular complexity index is 605. The van der Waals surface area contributed by atoms with Crippen LogP contribution in [-0.4, -0.2) is 15.9 Å². The summed E-state index contributed by atoms with van der Waals surface area (Å²) < 4.78 is 0. The quantitative estimate of drug-likeness (QED) is 0.626. The topological polar surface area (TPSA) is 99.1 Å². The first kappa shape index (κ1) is 10.4. The number of carbonyl (C=O) groups excluding carboxylic acids is 1. The van der Waals surface area contributed by atoms with E-state index < -0.39 is 10.9 Å². The van der Waals surface area contributed by atoms with Crippen molar-refractivity contribution in [2.24, 2.45) is 0 Å². The van der Waals surface area contributed by atoms with Gasteiger partial charge in [-0.2, -0.15) is 0 Å². The Morgan fingerprint density at radius 2 is 2.06 bits per heavy atom. The summed E-state index contributed by atoms with van der Waals surface area (Å²) in [4.78, 5) is 23.0. The fourth-order valence-corrected chi connectivity index (χ4v) is 1.63. The number of halogens is 1. The molecule has 0 fully saturated rings. The van der Waals surface area contributed by atoms with Crippen molar-refractivity contribution in [1.29, 1.82) is 0 Å². The van der Waals surface area contributed by atoms with Gasteiger partial charge in [0.05, 0.1) is 22.1 Å². The summed E-state index contributed by atoms with van der Waals surface area (Å²) in [6.07, 6.45) is 0. The number of carbonyl (C=O) groups is 1. The van der Waals surface area contributed by atoms with E-state index in [9.17, 15) is 20.0 Å². The van der Waals surface area contributed by atoms with E-state index in [0.717, 1.165) is 0 Å². The first-order chi connectivity index (χ1) is 7.49. The number of rotatable bonds is 2. The van der Waals surface area contributed by atoms with Gasteiger partial charge in [0.25, 0.3) is 5.69 Å². The van der Waals surface area contributed by atoms with E-state index in [1.807, 2.05) is 0 Å². The molecule has 1 N–H and O–H groups in total. The fourth-order valence-electron chi connectivity index (χ4n) is 1.39. The number of H-pyrrole nitrogens is 1. The van der Waals surface area contributed by atoms with Gasteiger partial charge in [0.15, 0.2) is 0 Å². The molecule has 1 aromatic carbocycles. The smallest absolute Gasteiger partial charge is 0.289 e. The number of nitro groups is 1. The van der Waals surface area contributed by atoms with Gasteiger partial charge < -0.3 is 14.9 Å². The first-order valence-corrected chi connectivity index (χ1v) is 4.55. The average Bonchev–Trinajstić information content (AvgIpc) is 2.58. The highest BCUT2D eigenvalue weighted by molar-refractivity contribution is 6.33. The van der Waals surface area contributed by atoms with E-state index in [-0.39, 0.29) is 16.4 Å². The predicted octanol–water partition coefficient (Wildman–Crippen LogP) is 1.09. The number of hydrogen-bond acceptors (Lipinski definition) is 4. The van der Waals surface area contributed by atoms with Gasteiger partial charge in [-0.25, -0.2) is 0 Å². The van der Waals surface area contributed by atoms with Crippen molar-refractivity contribution in [1.82, 2.24) is 4.98 Å². The van der Waals surface area contributed by atoms with Crippen molar-refractivity contribution in [3.8, 4) is 0 Å². The number of benzene rings is 1. The van der Waals surface area contributed by atoms with E-state index >= 15 is 0 Å². The molecule has 82 valence electrons. The molecule has 0 aliphatic heterocycles. The van der Waals surface area contributed by atoms with Crippen LogP contribution >= 0.6 is 11.6 Å². The van der Waals surface area contributed by atoms with Gasteiger partial charge >= 0.3 is 0 Å². The largest absolute Gasteiger partial charge is 0.543 e. The van der Waals surface area contributed by atoms with Crippen molar-refractivity contribution < 1.29 is 14.8 Å². The van der Waals surface area contributed by atoms with Crippen LogP contribution in [-0.2, 0) is 0 Å². The van der Waals surface area contributed by atoms with Gasteiger partial charge in [0, 0.05) is 11.5 Å². The standard InChI is InChI=1S/C9H5ClN2O4/c10-5-1-4-2-7(9(13)14)11-6(4)3-8(5)12(15)16/h1-3,11H,(H,13,14)/p-1. The monoisotopic (exact) mass is 239 g/mol. The van der Waals surface area contributed by atoms with Gasteiger partial charge in [-0.3, -0.25) is 10.1 Å². The Kier molecular flexibility index (Phi) is 2.28. The van der Waals surface area contributed by atoms with Gasteiger partial charge in [0.2, 0.25) is 0 Å². The molecule has 16 heavy (non-hydrogen) atoms. The summed E-state index contributed by atoms with van der Waals surface area (Å²) in [5.41, 5.74) is -0.0946. The zero-order valence-corrected chi connectivity index (χ0v) is 8.45. The van der Waals surface area contributed by atoms with E-state index in [1.165, 1.54) is 18.2 Å². The highest BCUT2D eigenvalue weighted by atomic mass is 35.5. The molecule has 0 atom stereocenters. The lowest BCUT2D eigenvalue weighted by Gasteiger charge is -1.95. The van der Waals surface area contributed by atoms with Crippen molar-refractivity contribution in [2.45, 2.75) is 0 Å². The third-order valence-electron chi connectivity index (χ3n) is 2.10. The van der Waals surface area contributed by atoms with Crippen molar-refractivity contribution in [2.75, 3.05) is 0 Å². The second-order valence-electron chi connectivity index (χ2n) is 3.12. The van der Waals surface area contributed by atoms with E-state index in [4.69, 9.17) is 11.6 Å². The molecule has 0 unspecified atom stereocenters. The molecule has 2 rings (SSSR count). The minimum Gasteiger partial charge on any atom is -0.543 e. The molecular formula is C9H4ClN2O4-. The molecular weight excluding hydrogens is 236 g/mol. The second kappa shape index (κ2) is 3.49. The Hall–Kier alpha value is -2.08. The molecule has 1 heterocycles. The van der Waals surface area contributed by atoms with Gasteiger partial charge in [-0.15, -0.1) is 0 Å². The molecule has 0 radical (unpaired) electrons. The molecule has 6 nitrogen and oxygen atoms in total. The Balaban J connectivity index is 2.70. The molecule has 0 aliphatic rings. The predicted molar refractivity (Wildman–Crippen MR) is 54.3 cm³/mol. The van der Waals surface area contributed by atoms with E-state index in [2.05, 4.69) is 4.98 Å². The van der Waals surface area contributed by atoms with Crippen molar-refractivity contribution >= 4 is 34.2 Å². The summed E-state index contributed by atoms with van der Waals surface area (Å²) in [6.45, 7) is 0. The maximum absolute atomic E-state index is 10.6. The lowest BCUT2D eigenvalue weighted by atomic mass is 10.2. The molecule has 0 saturated carbocycles. The zero-order valence-electron chi connectivity index (χ0n) is 7.69. The highest BCUT2D eigenvalue weighted by Crippen LogP contribution is 2.29. The van der Waals surface area contributed by atoms with Crippen LogP contribution in [0.15, 0.2) is 18.2 Å². The Morgan fingerprint density at radius 1 is 1.38 bits per heavy atom. The number of carboxylic acid groups (broad SMARTS) is 1. The average molecular weight is 240 g/mol. The summed E-state index contributed by atoms with van der Waals surface area (Å²) in [7, 11) is 0. The van der Waals surface area contributed by atoms with Crippen LogP contribution in [0.25, 0.3) is 10.9 Å². The summed E-state index contributed by atoms with van der Waals surface area (Å²) in [6, 6.07) is 3.82. The Morgan fingerprint density at radius 3 is 2.62 bits per heavy atom. The number of aromatic nitrogens is 1. The maximum atomic E-state index is 10.6. The van der Waals surface area contributed by atoms with Crippen molar-refractivity contribution in [3.63, 3.8) is 0 Å². The van der Waals surface area contributed by atoms with Crippen LogP contribution in [0.2, 0.25) is 5.02 Å². The van der Waals surface area contributed by atoms with Gasteiger partial charge in [0.1, 0.15) is 5.02 Å². The van der Waals surface area contributed by atoms with Crippen LogP contribution in [0, 0.1) is 10.1 Å². The van der Waals surface area contributed by atoms with Gasteiger partial charge in [-0.05, 0) is 12.1 Å². The molecule has 7 heteroatoms. The Labute approximate surface area is 93.6 Å². The first-order valence-electron chi connectivity index (χ1n) is 4.17. The molecule has 0 saturated heterocycles. The van der Waals surface area contributed by atoms with Crippen LogP contribution in [0.1, 0.15) is 10.5 Å². The van der Waals surface area contributed by atoms with E-state index in [0.29, 0.717) is 10.9 Å². The number of aromatic carboxylic acids is 1. The number of nitro benzene ring substituents is 1. The fraction of sp³-hybridized carbons (Fsp3) is 0. The summed E-state index contributed by atoms with van der Waals surface area (Å²) >= 11 is 5.67. The third kappa shape index (κ3) is 1.59. The van der Waals surface area contributed by atoms with E-state index in [1.54, 1.807) is 0 Å². The highest BCUT2D eigenvalue weighted by Gasteiger charge is 2.14. The lowest BCUT2D eigenvalue weighted by Crippen LogP contribution is -2.22. The van der Waals surface area contributed by atoms with Crippen molar-refractivity contribution in [3.05, 3.63) is 39.0 Å². The number of fused-ring (bicyclic) bond motifs is 1. The lowest BCUT2D eigenvalue weighted by molar-refractivity contribution is -0.384. The maximum Gasteiger partial charge on any atom is 0.289 e. The summed E-state index contributed by atoms with van der Waals surface area (Å²) in [5, 5.41) is 21.6. The minimum absolute atomic E-state index is 0.0404. The molecule has 1 aromatic heterocycles. The molecule has 0 spiro atoms. The molecule has 0 amide bonds. The molecule has 0 bridgehead atoms. The minimum atomic E-state index is -1.38. The number of nitrogens with zero attached hydrogens (tertiary/aromatic N) is 1. The normalized spacial score (nSPS) is 10.6. The summed E-state index contributed by atoms with van der Waals surface area (Å²) in [5.74, 6) is -1.38. The van der Waals surface area contributed by atoms with Gasteiger partial charge in [-0.1, -0.05) is 11.6 Å². The number of carboxylic acids is 1. The van der Waals surface area contributed by atoms with Crippen LogP contribution in [0.4, 0.5) is 5.69 Å². The van der Waals surface area contributed by atoms with Crippen LogP contribution in [0.3, 0.4) is 0 Å². The second-order valence-corrected chi connectivity index (χ2v) is 3.53. The third-order valence-corrected chi connectivity index (χ3v) is 2.41. The molecule has 2 aromatic rings.